The minimum atomic E-state index is -4.64. The molecule has 0 atom stereocenters. The second-order valence-corrected chi connectivity index (χ2v) is 7.30. The van der Waals surface area contributed by atoms with Crippen molar-refractivity contribution in [1.82, 2.24) is 20.2 Å². The second-order valence-electron chi connectivity index (χ2n) is 7.30. The van der Waals surface area contributed by atoms with E-state index in [9.17, 15) is 22.0 Å². The Labute approximate surface area is 188 Å². The summed E-state index contributed by atoms with van der Waals surface area (Å²) in [5.41, 5.74) is -0.950. The van der Waals surface area contributed by atoms with Crippen LogP contribution in [-0.2, 0) is 6.18 Å². The van der Waals surface area contributed by atoms with Crippen molar-refractivity contribution < 1.29 is 26.7 Å². The maximum atomic E-state index is 14.1. The second kappa shape index (κ2) is 7.94. The Morgan fingerprint density at radius 1 is 0.912 bits per heavy atom. The number of halogens is 5. The molecule has 34 heavy (non-hydrogen) atoms. The highest BCUT2D eigenvalue weighted by Crippen LogP contribution is 2.38. The number of alkyl halides is 3. The number of ether oxygens (including phenoxy) is 1. The lowest BCUT2D eigenvalue weighted by Crippen LogP contribution is -2.09. The molecular formula is C23H14F5N5O. The van der Waals surface area contributed by atoms with Gasteiger partial charge in [-0.1, -0.05) is 24.3 Å². The normalized spacial score (nSPS) is 11.8. The highest BCUT2D eigenvalue weighted by atomic mass is 19.4. The molecule has 2 heterocycles. The molecule has 0 fully saturated rings. The number of nitrogens with one attached hydrogen (secondary N) is 2. The first kappa shape index (κ1) is 21.6. The molecule has 0 unspecified atom stereocenters. The fourth-order valence-electron chi connectivity index (χ4n) is 3.68. The van der Waals surface area contributed by atoms with E-state index in [2.05, 4.69) is 25.5 Å². The molecule has 0 radical (unpaired) electrons. The largest absolute Gasteiger partial charge is 0.494 e. The number of benzene rings is 3. The average molecular weight is 471 g/mol. The van der Waals surface area contributed by atoms with Gasteiger partial charge in [-0.3, -0.25) is 5.10 Å². The van der Waals surface area contributed by atoms with Gasteiger partial charge in [0.2, 0.25) is 0 Å². The van der Waals surface area contributed by atoms with Crippen LogP contribution in [0.15, 0.2) is 54.6 Å². The van der Waals surface area contributed by atoms with E-state index in [0.717, 1.165) is 12.1 Å². The number of fused-ring (bicyclic) bond motifs is 2. The first-order chi connectivity index (χ1) is 16.3. The van der Waals surface area contributed by atoms with Gasteiger partial charge in [0.15, 0.2) is 17.5 Å². The Kier molecular flexibility index (Phi) is 5.03. The Bertz CT molecular complexity index is 1550. The van der Waals surface area contributed by atoms with Crippen molar-refractivity contribution in [2.24, 2.45) is 0 Å². The lowest BCUT2D eigenvalue weighted by atomic mass is 10.1. The fraction of sp³-hybridized carbons (Fsp3) is 0.0870. The summed E-state index contributed by atoms with van der Waals surface area (Å²) in [5.74, 6) is -1.46. The van der Waals surface area contributed by atoms with Gasteiger partial charge in [-0.25, -0.2) is 18.7 Å². The third kappa shape index (κ3) is 3.64. The molecule has 5 aromatic rings. The van der Waals surface area contributed by atoms with Gasteiger partial charge >= 0.3 is 6.18 Å². The zero-order valence-electron chi connectivity index (χ0n) is 17.3. The number of para-hydroxylation sites is 1. The third-order valence-corrected chi connectivity index (χ3v) is 5.21. The fourth-order valence-corrected chi connectivity index (χ4v) is 3.68. The number of aromatic nitrogens is 4. The van der Waals surface area contributed by atoms with Gasteiger partial charge in [-0.05, 0) is 24.3 Å². The van der Waals surface area contributed by atoms with Crippen LogP contribution in [0.3, 0.4) is 0 Å². The van der Waals surface area contributed by atoms with Crippen molar-refractivity contribution in [3.8, 4) is 17.1 Å². The summed E-state index contributed by atoms with van der Waals surface area (Å²) in [6.45, 7) is 0. The van der Waals surface area contributed by atoms with E-state index in [4.69, 9.17) is 4.74 Å². The zero-order valence-corrected chi connectivity index (χ0v) is 17.3. The van der Waals surface area contributed by atoms with Crippen molar-refractivity contribution in [3.05, 3.63) is 71.8 Å². The van der Waals surface area contributed by atoms with E-state index >= 15 is 0 Å². The van der Waals surface area contributed by atoms with Crippen LogP contribution < -0.4 is 10.1 Å². The highest BCUT2D eigenvalue weighted by Gasteiger charge is 2.34. The molecule has 0 spiro atoms. The molecule has 0 aliphatic carbocycles. The molecule has 0 aliphatic rings. The summed E-state index contributed by atoms with van der Waals surface area (Å²) in [7, 11) is 1.40. The number of H-pyrrole nitrogens is 1. The standard InChI is InChI=1S/C23H14F5N5O/c1-34-17-8-4-6-13-19(17)29-20(12-5-2-3-7-15(12)23(26,27)28)30-21(13)31-22-14-9-11(24)10-16(25)18(14)32-33-22/h2-10H,1H3,(H2,29,30,31,32,33). The van der Waals surface area contributed by atoms with E-state index in [1.54, 1.807) is 18.2 Å². The van der Waals surface area contributed by atoms with E-state index < -0.39 is 23.4 Å². The van der Waals surface area contributed by atoms with Gasteiger partial charge in [0.1, 0.15) is 28.4 Å². The molecule has 2 aromatic heterocycles. The van der Waals surface area contributed by atoms with Gasteiger partial charge < -0.3 is 10.1 Å². The number of nitrogens with zero attached hydrogens (tertiary/aromatic N) is 3. The van der Waals surface area contributed by atoms with Crippen molar-refractivity contribution in [3.63, 3.8) is 0 Å². The summed E-state index contributed by atoms with van der Waals surface area (Å²) in [6.07, 6.45) is -4.64. The van der Waals surface area contributed by atoms with Crippen LogP contribution in [0.2, 0.25) is 0 Å². The Balaban J connectivity index is 1.75. The van der Waals surface area contributed by atoms with Gasteiger partial charge in [0.25, 0.3) is 0 Å². The topological polar surface area (TPSA) is 75.7 Å². The van der Waals surface area contributed by atoms with Crippen LogP contribution in [0.5, 0.6) is 5.75 Å². The molecule has 3 aromatic carbocycles. The summed E-state index contributed by atoms with van der Waals surface area (Å²) >= 11 is 0. The van der Waals surface area contributed by atoms with Crippen molar-refractivity contribution >= 4 is 33.4 Å². The minimum Gasteiger partial charge on any atom is -0.494 e. The van der Waals surface area contributed by atoms with Crippen LogP contribution in [0, 0.1) is 11.6 Å². The Hall–Kier alpha value is -4.28. The SMILES string of the molecule is COc1cccc2c(Nc3n[nH]c4c(F)cc(F)cc34)nc(-c3ccccc3C(F)(F)F)nc12. The molecule has 172 valence electrons. The van der Waals surface area contributed by atoms with E-state index in [0.29, 0.717) is 17.2 Å². The smallest absolute Gasteiger partial charge is 0.417 e. The van der Waals surface area contributed by atoms with Crippen LogP contribution in [0.1, 0.15) is 5.56 Å². The van der Waals surface area contributed by atoms with E-state index in [-0.39, 0.29) is 39.4 Å². The highest BCUT2D eigenvalue weighted by molar-refractivity contribution is 5.99. The molecule has 5 rings (SSSR count). The average Bonchev–Trinajstić information content (AvgIpc) is 3.20. The number of hydrogen-bond acceptors (Lipinski definition) is 5. The molecule has 11 heteroatoms. The van der Waals surface area contributed by atoms with Crippen LogP contribution in [0.25, 0.3) is 33.2 Å². The predicted octanol–water partition coefficient (Wildman–Crippen LogP) is 6.22. The zero-order chi connectivity index (χ0) is 24.0. The third-order valence-electron chi connectivity index (χ3n) is 5.21. The summed E-state index contributed by atoms with van der Waals surface area (Å²) in [6, 6.07) is 11.6. The van der Waals surface area contributed by atoms with Gasteiger partial charge in [-0.15, -0.1) is 0 Å². The molecule has 6 nitrogen and oxygen atoms in total. The lowest BCUT2D eigenvalue weighted by Gasteiger charge is -2.15. The first-order valence-electron chi connectivity index (χ1n) is 9.87. The van der Waals surface area contributed by atoms with Crippen molar-refractivity contribution in [1.29, 1.82) is 0 Å². The molecule has 0 saturated heterocycles. The van der Waals surface area contributed by atoms with Crippen LogP contribution in [-0.4, -0.2) is 27.3 Å². The van der Waals surface area contributed by atoms with E-state index in [1.165, 1.54) is 25.3 Å². The molecular weight excluding hydrogens is 457 g/mol. The quantitative estimate of drug-likeness (QED) is 0.304. The monoisotopic (exact) mass is 471 g/mol. The van der Waals surface area contributed by atoms with Gasteiger partial charge in [0.05, 0.1) is 18.1 Å². The maximum absolute atomic E-state index is 14.1. The summed E-state index contributed by atoms with van der Waals surface area (Å²) in [4.78, 5) is 8.67. The summed E-state index contributed by atoms with van der Waals surface area (Å²) < 4.78 is 74.3. The molecule has 0 bridgehead atoms. The maximum Gasteiger partial charge on any atom is 0.417 e. The Morgan fingerprint density at radius 2 is 1.71 bits per heavy atom. The van der Waals surface area contributed by atoms with Gasteiger partial charge in [0, 0.05) is 17.0 Å². The van der Waals surface area contributed by atoms with Crippen LogP contribution >= 0.6 is 0 Å². The van der Waals surface area contributed by atoms with E-state index in [1.807, 2.05) is 0 Å². The number of rotatable bonds is 4. The number of aromatic amines is 1. The van der Waals surface area contributed by atoms with Crippen molar-refractivity contribution in [2.75, 3.05) is 12.4 Å². The number of anilines is 2. The number of methoxy groups -OCH3 is 1. The summed E-state index contributed by atoms with van der Waals surface area (Å²) in [5, 5.41) is 9.85. The molecule has 2 N–H and O–H groups in total. The molecule has 0 aliphatic heterocycles. The minimum absolute atomic E-state index is 0.0336. The molecule has 0 amide bonds. The predicted molar refractivity (Wildman–Crippen MR) is 116 cm³/mol. The van der Waals surface area contributed by atoms with Crippen molar-refractivity contribution in [2.45, 2.75) is 6.18 Å². The first-order valence-corrected chi connectivity index (χ1v) is 9.87. The lowest BCUT2D eigenvalue weighted by molar-refractivity contribution is -0.137. The Morgan fingerprint density at radius 3 is 2.47 bits per heavy atom. The van der Waals surface area contributed by atoms with Crippen LogP contribution in [0.4, 0.5) is 33.6 Å². The van der Waals surface area contributed by atoms with Gasteiger partial charge in [-0.2, -0.15) is 18.3 Å². The number of hydrogen-bond donors (Lipinski definition) is 2. The molecule has 0 saturated carbocycles.